The number of fused-ring (bicyclic) bond motifs is 4. The van der Waals surface area contributed by atoms with E-state index >= 15 is 0 Å². The second-order valence-electron chi connectivity index (χ2n) is 14.6. The van der Waals surface area contributed by atoms with Crippen LogP contribution >= 0.6 is 11.6 Å². The molecule has 2 aliphatic heterocycles. The Hall–Kier alpha value is -3.47. The number of carbonyl (C=O) groups excluding carboxylic acids is 2. The zero-order valence-electron chi connectivity index (χ0n) is 29.0. The molecule has 50 heavy (non-hydrogen) atoms. The molecule has 3 heterocycles. The van der Waals surface area contributed by atoms with Crippen molar-refractivity contribution in [3.05, 3.63) is 88.5 Å². The molecule has 1 fully saturated rings. The van der Waals surface area contributed by atoms with E-state index in [1.165, 1.54) is 11.1 Å². The first-order valence-corrected chi connectivity index (χ1v) is 20.1. The number of halogens is 1. The van der Waals surface area contributed by atoms with E-state index in [1.807, 2.05) is 36.0 Å². The molecule has 1 aromatic heterocycles. The molecular formula is C39H47ClN4O5S. The summed E-state index contributed by atoms with van der Waals surface area (Å²) in [5, 5.41) is 0.748. The molecule has 2 bridgehead atoms. The van der Waals surface area contributed by atoms with Gasteiger partial charge >= 0.3 is 0 Å². The standard InChI is InChI=1S/C39H47ClN4O5S/c1-43-19-18-41-37(43)16-12-31(45)24-50(47)20-5-3-4-8-35(48-2)32-13-9-29(32)23-44-25-39(17-6-7-27-21-30(40)11-14-33(27)39)26-49-36-15-10-28(22-34(36)44)38(46)42-50/h4,8,10-11,14-15,18-19,21-22,29,32,35H,3,5-7,9,12-13,16-17,20,23-26H2,1-2H3/b8-4+/t29-,32+,35-,39-,50+/m0/s1. The van der Waals surface area contributed by atoms with Gasteiger partial charge in [-0.1, -0.05) is 29.8 Å². The third-order valence-corrected chi connectivity index (χ3v) is 13.7. The number of hydrogen-bond acceptors (Lipinski definition) is 7. The van der Waals surface area contributed by atoms with Gasteiger partial charge in [0, 0.05) is 74.2 Å². The number of rotatable bonds is 6. The average molecular weight is 719 g/mol. The van der Waals surface area contributed by atoms with Gasteiger partial charge in [0.2, 0.25) is 0 Å². The lowest BCUT2D eigenvalue weighted by Crippen LogP contribution is -2.49. The predicted octanol–water partition coefficient (Wildman–Crippen LogP) is 6.75. The number of ketones is 1. The van der Waals surface area contributed by atoms with Crippen LogP contribution in [-0.2, 0) is 44.6 Å². The van der Waals surface area contributed by atoms with Crippen LogP contribution in [0.15, 0.2) is 65.3 Å². The SMILES string of the molecule is CO[C@H]1/C=C/CCC[S@@](=O)(CC(=O)CCc2nccn2C)=NC(=O)c2ccc3c(c2)N(C[C@@H]2CC[C@H]21)C[C@@]1(CCCc2cc(Cl)ccc21)CO3. The second-order valence-corrected chi connectivity index (χ2v) is 17.4. The fraction of sp³-hybridized carbons (Fsp3) is 0.513. The Morgan fingerprint density at radius 2 is 2.06 bits per heavy atom. The topological polar surface area (TPSA) is 103 Å². The van der Waals surface area contributed by atoms with Gasteiger partial charge in [-0.15, -0.1) is 0 Å². The minimum absolute atomic E-state index is 0.0227. The summed E-state index contributed by atoms with van der Waals surface area (Å²) in [6.45, 7) is 2.06. The Morgan fingerprint density at radius 3 is 2.84 bits per heavy atom. The van der Waals surface area contributed by atoms with Gasteiger partial charge in [-0.05, 0) is 98.2 Å². The number of aromatic nitrogens is 2. The molecule has 0 N–H and O–H groups in total. The number of aryl methyl sites for hydroxylation is 3. The summed E-state index contributed by atoms with van der Waals surface area (Å²) in [7, 11) is 0.490. The Morgan fingerprint density at radius 1 is 1.18 bits per heavy atom. The smallest absolute Gasteiger partial charge is 0.285 e. The van der Waals surface area contributed by atoms with E-state index in [9.17, 15) is 13.8 Å². The number of benzene rings is 2. The number of methoxy groups -OCH3 is 1. The Labute approximate surface area is 300 Å². The molecule has 4 aliphatic rings. The largest absolute Gasteiger partial charge is 0.490 e. The molecule has 0 unspecified atom stereocenters. The molecule has 7 rings (SSSR count). The van der Waals surface area contributed by atoms with Crippen molar-refractivity contribution in [3.8, 4) is 5.75 Å². The van der Waals surface area contributed by atoms with Crippen molar-refractivity contribution in [2.45, 2.75) is 69.3 Å². The van der Waals surface area contributed by atoms with Gasteiger partial charge in [0.15, 0.2) is 0 Å². The molecule has 2 aromatic carbocycles. The van der Waals surface area contributed by atoms with Crippen LogP contribution in [0, 0.1) is 11.8 Å². The normalized spacial score (nSPS) is 28.7. The number of nitrogens with zero attached hydrogens (tertiary/aromatic N) is 4. The summed E-state index contributed by atoms with van der Waals surface area (Å²) < 4.78 is 33.3. The minimum Gasteiger partial charge on any atom is -0.490 e. The molecular weight excluding hydrogens is 672 g/mol. The van der Waals surface area contributed by atoms with Crippen LogP contribution in [0.1, 0.15) is 72.3 Å². The van der Waals surface area contributed by atoms with Crippen molar-refractivity contribution in [2.24, 2.45) is 23.2 Å². The van der Waals surface area contributed by atoms with Gasteiger partial charge in [-0.3, -0.25) is 9.59 Å². The van der Waals surface area contributed by atoms with E-state index in [2.05, 4.69) is 38.5 Å². The van der Waals surface area contributed by atoms with Crippen LogP contribution in [0.5, 0.6) is 5.75 Å². The molecule has 0 radical (unpaired) electrons. The van der Waals surface area contributed by atoms with Crippen molar-refractivity contribution >= 4 is 38.7 Å². The molecule has 5 atom stereocenters. The minimum atomic E-state index is -3.17. The van der Waals surface area contributed by atoms with E-state index in [0.29, 0.717) is 43.3 Å². The summed E-state index contributed by atoms with van der Waals surface area (Å²) in [6, 6.07) is 11.7. The van der Waals surface area contributed by atoms with Crippen molar-refractivity contribution < 1.29 is 23.3 Å². The maximum atomic E-state index is 14.4. The Kier molecular flexibility index (Phi) is 10.2. The van der Waals surface area contributed by atoms with E-state index < -0.39 is 15.6 Å². The third kappa shape index (κ3) is 7.30. The number of Topliss-reactive ketones (excluding diaryl/α,β-unsaturated/α-hetero) is 1. The second kappa shape index (κ2) is 14.6. The highest BCUT2D eigenvalue weighted by molar-refractivity contribution is 7.94. The number of carbonyl (C=O) groups is 2. The van der Waals surface area contributed by atoms with Gasteiger partial charge in [0.1, 0.15) is 17.4 Å². The van der Waals surface area contributed by atoms with Gasteiger partial charge in [-0.25, -0.2) is 9.19 Å². The van der Waals surface area contributed by atoms with Crippen LogP contribution in [0.3, 0.4) is 0 Å². The lowest BCUT2D eigenvalue weighted by molar-refractivity contribution is -0.116. The Bertz CT molecular complexity index is 1920. The summed E-state index contributed by atoms with van der Waals surface area (Å²) in [4.78, 5) is 33.8. The number of allylic oxidation sites excluding steroid dienone is 1. The molecule has 9 nitrogen and oxygen atoms in total. The molecule has 1 amide bonds. The zero-order valence-corrected chi connectivity index (χ0v) is 30.6. The van der Waals surface area contributed by atoms with Crippen LogP contribution in [0.25, 0.3) is 0 Å². The maximum absolute atomic E-state index is 14.4. The fourth-order valence-corrected chi connectivity index (χ4v) is 10.6. The van der Waals surface area contributed by atoms with Crippen molar-refractivity contribution in [1.82, 2.24) is 9.55 Å². The lowest BCUT2D eigenvalue weighted by atomic mass is 9.68. The molecule has 1 spiro atoms. The molecule has 2 aliphatic carbocycles. The van der Waals surface area contributed by atoms with Crippen LogP contribution in [0.2, 0.25) is 5.02 Å². The summed E-state index contributed by atoms with van der Waals surface area (Å²) in [5.74, 6) is 1.44. The summed E-state index contributed by atoms with van der Waals surface area (Å²) in [6.07, 6.45) is 14.8. The fourth-order valence-electron chi connectivity index (χ4n) is 8.40. The highest BCUT2D eigenvalue weighted by Gasteiger charge is 2.44. The van der Waals surface area contributed by atoms with Crippen molar-refractivity contribution in [1.29, 1.82) is 0 Å². The maximum Gasteiger partial charge on any atom is 0.285 e. The highest BCUT2D eigenvalue weighted by Crippen LogP contribution is 2.47. The summed E-state index contributed by atoms with van der Waals surface area (Å²) in [5.41, 5.74) is 3.52. The van der Waals surface area contributed by atoms with E-state index in [0.717, 1.165) is 67.5 Å². The molecule has 3 aromatic rings. The zero-order chi connectivity index (χ0) is 34.9. The lowest BCUT2D eigenvalue weighted by Gasteiger charge is -2.46. The average Bonchev–Trinajstić information content (AvgIpc) is 3.43. The molecule has 266 valence electrons. The van der Waals surface area contributed by atoms with E-state index in [4.69, 9.17) is 21.1 Å². The number of anilines is 1. The first-order valence-electron chi connectivity index (χ1n) is 17.9. The van der Waals surface area contributed by atoms with Crippen LogP contribution < -0.4 is 9.64 Å². The quantitative estimate of drug-likeness (QED) is 0.260. The number of hydrogen-bond donors (Lipinski definition) is 0. The van der Waals surface area contributed by atoms with Gasteiger partial charge < -0.3 is 18.9 Å². The predicted molar refractivity (Wildman–Crippen MR) is 197 cm³/mol. The van der Waals surface area contributed by atoms with Gasteiger partial charge in [-0.2, -0.15) is 4.36 Å². The Balaban J connectivity index is 1.24. The number of amides is 1. The molecule has 11 heteroatoms. The first kappa shape index (κ1) is 35.0. The van der Waals surface area contributed by atoms with Crippen molar-refractivity contribution in [2.75, 3.05) is 43.2 Å². The van der Waals surface area contributed by atoms with Gasteiger partial charge in [0.05, 0.1) is 33.9 Å². The number of ether oxygens (including phenoxy) is 2. The van der Waals surface area contributed by atoms with Crippen LogP contribution in [-0.4, -0.2) is 69.9 Å². The highest BCUT2D eigenvalue weighted by atomic mass is 35.5. The monoisotopic (exact) mass is 718 g/mol. The number of imidazole rings is 1. The van der Waals surface area contributed by atoms with Crippen LogP contribution in [0.4, 0.5) is 5.69 Å². The first-order chi connectivity index (χ1) is 24.1. The molecule has 1 saturated carbocycles. The van der Waals surface area contributed by atoms with Crippen molar-refractivity contribution in [3.63, 3.8) is 0 Å². The van der Waals surface area contributed by atoms with E-state index in [1.54, 1.807) is 19.4 Å². The van der Waals surface area contributed by atoms with Gasteiger partial charge in [0.25, 0.3) is 5.91 Å². The third-order valence-electron chi connectivity index (χ3n) is 11.3. The molecule has 0 saturated heterocycles. The summed E-state index contributed by atoms with van der Waals surface area (Å²) >= 11 is 6.45. The van der Waals surface area contributed by atoms with E-state index in [-0.39, 0.29) is 35.2 Å².